The summed E-state index contributed by atoms with van der Waals surface area (Å²) in [6.45, 7) is 7.11. The third kappa shape index (κ3) is 5.33. The molecule has 0 radical (unpaired) electrons. The van der Waals surface area contributed by atoms with Gasteiger partial charge in [-0.15, -0.1) is 0 Å². The molecule has 1 aromatic rings. The number of ether oxygens (including phenoxy) is 1. The minimum absolute atomic E-state index is 0.491. The third-order valence-corrected chi connectivity index (χ3v) is 2.96. The molecule has 1 atom stereocenters. The zero-order valence-electron chi connectivity index (χ0n) is 11.3. The average Bonchev–Trinajstić information content (AvgIpc) is 2.81. The molecule has 0 amide bonds. The molecule has 0 aliphatic rings. The molecular formula is C13H25N3O. The topological polar surface area (TPSA) is 39.1 Å². The summed E-state index contributed by atoms with van der Waals surface area (Å²) in [5.74, 6) is 0. The van der Waals surface area contributed by atoms with Crippen LogP contribution in [0.2, 0.25) is 0 Å². The lowest BCUT2D eigenvalue weighted by molar-refractivity contribution is 0.192. The predicted molar refractivity (Wildman–Crippen MR) is 70.0 cm³/mol. The van der Waals surface area contributed by atoms with Crippen molar-refractivity contribution in [2.45, 2.75) is 45.7 Å². The Morgan fingerprint density at radius 2 is 2.29 bits per heavy atom. The Labute approximate surface area is 104 Å². The van der Waals surface area contributed by atoms with Gasteiger partial charge in [-0.3, -0.25) is 4.68 Å². The molecular weight excluding hydrogens is 214 g/mol. The Kier molecular flexibility index (Phi) is 6.89. The highest BCUT2D eigenvalue weighted by Gasteiger charge is 2.03. The van der Waals surface area contributed by atoms with Crippen molar-refractivity contribution in [3.05, 3.63) is 18.0 Å². The van der Waals surface area contributed by atoms with E-state index in [-0.39, 0.29) is 0 Å². The number of rotatable bonds is 9. The number of unbranched alkanes of at least 4 members (excludes halogenated alkanes) is 1. The third-order valence-electron chi connectivity index (χ3n) is 2.96. The Bertz CT molecular complexity index is 299. The molecule has 0 aromatic carbocycles. The van der Waals surface area contributed by atoms with Crippen LogP contribution in [-0.2, 0) is 11.3 Å². The van der Waals surface area contributed by atoms with Gasteiger partial charge in [-0.2, -0.15) is 5.10 Å². The fraction of sp³-hybridized carbons (Fsp3) is 0.769. The average molecular weight is 239 g/mol. The number of aromatic nitrogens is 2. The van der Waals surface area contributed by atoms with Crippen LogP contribution in [0.15, 0.2) is 12.3 Å². The predicted octanol–water partition coefficient (Wildman–Crippen LogP) is 2.37. The van der Waals surface area contributed by atoms with Crippen molar-refractivity contribution in [3.8, 4) is 0 Å². The molecule has 1 aromatic heterocycles. The van der Waals surface area contributed by atoms with E-state index in [4.69, 9.17) is 4.74 Å². The molecule has 0 aliphatic heterocycles. The lowest BCUT2D eigenvalue weighted by atomic mass is 10.3. The first kappa shape index (κ1) is 14.2. The van der Waals surface area contributed by atoms with E-state index >= 15 is 0 Å². The summed E-state index contributed by atoms with van der Waals surface area (Å²) >= 11 is 0. The molecule has 4 heteroatoms. The molecule has 4 nitrogen and oxygen atoms in total. The van der Waals surface area contributed by atoms with Gasteiger partial charge in [0, 0.05) is 32.5 Å². The highest BCUT2D eigenvalue weighted by molar-refractivity contribution is 4.99. The standard InChI is InChI=1S/C13H25N3O/c1-4-12(2)16-9-7-13(15-16)11-14-8-5-6-10-17-3/h7,9,12,14H,4-6,8,10-11H2,1-3H3. The van der Waals surface area contributed by atoms with E-state index in [0.717, 1.165) is 44.7 Å². The van der Waals surface area contributed by atoms with Gasteiger partial charge in [0.15, 0.2) is 0 Å². The van der Waals surface area contributed by atoms with Crippen molar-refractivity contribution in [1.82, 2.24) is 15.1 Å². The number of hydrogen-bond donors (Lipinski definition) is 1. The minimum atomic E-state index is 0.491. The van der Waals surface area contributed by atoms with Crippen molar-refractivity contribution in [2.75, 3.05) is 20.3 Å². The number of nitrogens with zero attached hydrogens (tertiary/aromatic N) is 2. The maximum atomic E-state index is 5.01. The summed E-state index contributed by atoms with van der Waals surface area (Å²) in [6, 6.07) is 2.58. The van der Waals surface area contributed by atoms with Crippen molar-refractivity contribution in [3.63, 3.8) is 0 Å². The highest BCUT2D eigenvalue weighted by Crippen LogP contribution is 2.08. The first-order valence-corrected chi connectivity index (χ1v) is 6.51. The van der Waals surface area contributed by atoms with Crippen LogP contribution < -0.4 is 5.32 Å². The van der Waals surface area contributed by atoms with E-state index < -0.39 is 0 Å². The smallest absolute Gasteiger partial charge is 0.0762 e. The Morgan fingerprint density at radius 3 is 3.00 bits per heavy atom. The van der Waals surface area contributed by atoms with Crippen molar-refractivity contribution in [1.29, 1.82) is 0 Å². The van der Waals surface area contributed by atoms with Gasteiger partial charge in [0.05, 0.1) is 5.69 Å². The zero-order valence-corrected chi connectivity index (χ0v) is 11.3. The summed E-state index contributed by atoms with van der Waals surface area (Å²) in [4.78, 5) is 0. The van der Waals surface area contributed by atoms with E-state index in [1.165, 1.54) is 0 Å². The largest absolute Gasteiger partial charge is 0.385 e. The van der Waals surface area contributed by atoms with E-state index in [1.807, 2.05) is 4.68 Å². The molecule has 0 aliphatic carbocycles. The molecule has 0 bridgehead atoms. The van der Waals surface area contributed by atoms with Crippen molar-refractivity contribution in [2.24, 2.45) is 0 Å². The second-order valence-corrected chi connectivity index (χ2v) is 4.42. The highest BCUT2D eigenvalue weighted by atomic mass is 16.5. The van der Waals surface area contributed by atoms with Crippen LogP contribution in [0.4, 0.5) is 0 Å². The maximum Gasteiger partial charge on any atom is 0.0762 e. The maximum absolute atomic E-state index is 5.01. The second-order valence-electron chi connectivity index (χ2n) is 4.42. The van der Waals surface area contributed by atoms with Crippen LogP contribution in [0, 0.1) is 0 Å². The van der Waals surface area contributed by atoms with Gasteiger partial charge in [0.2, 0.25) is 0 Å². The van der Waals surface area contributed by atoms with Gasteiger partial charge in [-0.25, -0.2) is 0 Å². The van der Waals surface area contributed by atoms with Gasteiger partial charge in [0.25, 0.3) is 0 Å². The molecule has 1 heterocycles. The van der Waals surface area contributed by atoms with Crippen LogP contribution in [-0.4, -0.2) is 30.0 Å². The van der Waals surface area contributed by atoms with Gasteiger partial charge in [-0.1, -0.05) is 6.92 Å². The van der Waals surface area contributed by atoms with Crippen molar-refractivity contribution >= 4 is 0 Å². The fourth-order valence-electron chi connectivity index (χ4n) is 1.62. The SMILES string of the molecule is CCC(C)n1ccc(CNCCCCOC)n1. The molecule has 0 saturated heterocycles. The zero-order chi connectivity index (χ0) is 12.5. The number of nitrogens with one attached hydrogen (secondary N) is 1. The Balaban J connectivity index is 2.16. The van der Waals surface area contributed by atoms with Crippen LogP contribution in [0.3, 0.4) is 0 Å². The summed E-state index contributed by atoms with van der Waals surface area (Å²) in [5.41, 5.74) is 1.12. The summed E-state index contributed by atoms with van der Waals surface area (Å²) in [6.07, 6.45) is 5.45. The van der Waals surface area contributed by atoms with Crippen LogP contribution in [0.25, 0.3) is 0 Å². The molecule has 1 N–H and O–H groups in total. The molecule has 17 heavy (non-hydrogen) atoms. The number of methoxy groups -OCH3 is 1. The number of hydrogen-bond acceptors (Lipinski definition) is 3. The molecule has 0 spiro atoms. The lowest BCUT2D eigenvalue weighted by Gasteiger charge is -2.08. The van der Waals surface area contributed by atoms with Crippen LogP contribution >= 0.6 is 0 Å². The van der Waals surface area contributed by atoms with E-state index in [2.05, 4.69) is 36.5 Å². The van der Waals surface area contributed by atoms with Gasteiger partial charge >= 0.3 is 0 Å². The van der Waals surface area contributed by atoms with Crippen molar-refractivity contribution < 1.29 is 4.74 Å². The first-order valence-electron chi connectivity index (χ1n) is 6.51. The van der Waals surface area contributed by atoms with Gasteiger partial charge < -0.3 is 10.1 Å². The molecule has 98 valence electrons. The first-order chi connectivity index (χ1) is 8.27. The van der Waals surface area contributed by atoms with E-state index in [0.29, 0.717) is 6.04 Å². The summed E-state index contributed by atoms with van der Waals surface area (Å²) < 4.78 is 7.05. The van der Waals surface area contributed by atoms with Gasteiger partial charge in [0.1, 0.15) is 0 Å². The van der Waals surface area contributed by atoms with Gasteiger partial charge in [-0.05, 0) is 38.8 Å². The van der Waals surface area contributed by atoms with Crippen LogP contribution in [0.1, 0.15) is 44.8 Å². The molecule has 1 rings (SSSR count). The van der Waals surface area contributed by atoms with E-state index in [9.17, 15) is 0 Å². The van der Waals surface area contributed by atoms with E-state index in [1.54, 1.807) is 7.11 Å². The second kappa shape index (κ2) is 8.25. The molecule has 0 fully saturated rings. The Morgan fingerprint density at radius 1 is 1.47 bits per heavy atom. The molecule has 0 saturated carbocycles. The van der Waals surface area contributed by atoms with Crippen LogP contribution in [0.5, 0.6) is 0 Å². The molecule has 1 unspecified atom stereocenters. The Hall–Kier alpha value is -0.870. The normalized spacial score (nSPS) is 12.9. The quantitative estimate of drug-likeness (QED) is 0.672. The summed E-state index contributed by atoms with van der Waals surface area (Å²) in [7, 11) is 1.75. The lowest BCUT2D eigenvalue weighted by Crippen LogP contribution is -2.16. The fourth-order valence-corrected chi connectivity index (χ4v) is 1.62. The minimum Gasteiger partial charge on any atom is -0.385 e. The summed E-state index contributed by atoms with van der Waals surface area (Å²) in [5, 5.41) is 7.94. The monoisotopic (exact) mass is 239 g/mol.